The summed E-state index contributed by atoms with van der Waals surface area (Å²) in [4.78, 5) is 15.3. The summed E-state index contributed by atoms with van der Waals surface area (Å²) in [6, 6.07) is 11.5. The predicted molar refractivity (Wildman–Crippen MR) is 90.0 cm³/mol. The average molecular weight is 465 g/mol. The third-order valence-corrected chi connectivity index (χ3v) is 4.06. The van der Waals surface area contributed by atoms with Crippen LogP contribution in [0.2, 0.25) is 0 Å². The number of aromatic hydroxyl groups is 1. The Morgan fingerprint density at radius 1 is 1.26 bits per heavy atom. The topological polar surface area (TPSA) is 72.7 Å². The van der Waals surface area contributed by atoms with E-state index < -0.39 is 12.0 Å². The molecule has 0 saturated carbocycles. The van der Waals surface area contributed by atoms with Gasteiger partial charge < -0.3 is 15.0 Å². The molecule has 2 aromatic carbocycles. The molecule has 0 aliphatic carbocycles. The average Bonchev–Trinajstić information content (AvgIpc) is 2.48. The van der Waals surface area contributed by atoms with Gasteiger partial charge in [-0.05, 0) is 33.6 Å². The van der Waals surface area contributed by atoms with Crippen molar-refractivity contribution < 1.29 is 66.4 Å². The Kier molecular flexibility index (Phi) is 9.21. The molecular weight excluding hydrogens is 453 g/mol. The molecule has 1 N–H and O–H groups in total. The van der Waals surface area contributed by atoms with Gasteiger partial charge in [-0.25, -0.2) is 0 Å². The van der Waals surface area contributed by atoms with E-state index in [2.05, 4.69) is 36.9 Å². The minimum Gasteiger partial charge on any atom is -0.548 e. The number of halogens is 2. The molecule has 0 aliphatic heterocycles. The van der Waals surface area contributed by atoms with Gasteiger partial charge in [-0.15, -0.1) is 0 Å². The molecule has 23 heavy (non-hydrogen) atoms. The van der Waals surface area contributed by atoms with Gasteiger partial charge in [0.2, 0.25) is 0 Å². The summed E-state index contributed by atoms with van der Waals surface area (Å²) in [7, 11) is 0. The van der Waals surface area contributed by atoms with Gasteiger partial charge in [0.05, 0.1) is 16.5 Å². The number of nitrogens with zero attached hydrogens (tertiary/aromatic N) is 1. The second kappa shape index (κ2) is 10.1. The van der Waals surface area contributed by atoms with E-state index in [-0.39, 0.29) is 63.6 Å². The van der Waals surface area contributed by atoms with Gasteiger partial charge in [0.25, 0.3) is 0 Å². The molecule has 2 aromatic rings. The van der Waals surface area contributed by atoms with E-state index in [1.165, 1.54) is 6.21 Å². The fourth-order valence-corrected chi connectivity index (χ4v) is 3.15. The number of hydrogen-bond acceptors (Lipinski definition) is 4. The van der Waals surface area contributed by atoms with Gasteiger partial charge in [-0.1, -0.05) is 46.3 Å². The summed E-state index contributed by atoms with van der Waals surface area (Å²) in [6.07, 6.45) is 1.57. The van der Waals surface area contributed by atoms with E-state index in [4.69, 9.17) is 0 Å². The van der Waals surface area contributed by atoms with Crippen molar-refractivity contribution in [2.75, 3.05) is 0 Å². The van der Waals surface area contributed by atoms with E-state index in [0.717, 1.165) is 10.0 Å². The van der Waals surface area contributed by atoms with Gasteiger partial charge in [0.15, 0.2) is 0 Å². The van der Waals surface area contributed by atoms with Crippen molar-refractivity contribution in [3.8, 4) is 5.75 Å². The summed E-state index contributed by atoms with van der Waals surface area (Å²) in [5.41, 5.74) is 1.27. The Morgan fingerprint density at radius 3 is 2.52 bits per heavy atom. The molecule has 7 heteroatoms. The third-order valence-electron chi connectivity index (χ3n) is 3.00. The van der Waals surface area contributed by atoms with E-state index in [9.17, 15) is 15.0 Å². The molecule has 0 radical (unpaired) electrons. The first-order valence-corrected chi connectivity index (χ1v) is 8.02. The molecular formula is C16H12Br2KNO3. The largest absolute Gasteiger partial charge is 1.00 e. The maximum Gasteiger partial charge on any atom is 1.00 e. The van der Waals surface area contributed by atoms with Crippen molar-refractivity contribution in [3.63, 3.8) is 0 Å². The van der Waals surface area contributed by atoms with Crippen molar-refractivity contribution >= 4 is 44.0 Å². The second-order valence-corrected chi connectivity index (χ2v) is 6.40. The number of carboxylic acid groups (broad SMARTS) is 1. The summed E-state index contributed by atoms with van der Waals surface area (Å²) in [5, 5.41) is 21.2. The quantitative estimate of drug-likeness (QED) is 0.487. The zero-order valence-electron chi connectivity index (χ0n) is 12.4. The number of carbonyl (C=O) groups excluding carboxylic acids is 1. The van der Waals surface area contributed by atoms with Crippen LogP contribution in [-0.2, 0) is 11.2 Å². The standard InChI is InChI=1S/C16H13Br2NO3.K/c17-12-7-11(15(20)13(18)8-12)9-19-14(16(21)22)6-10-4-2-1-3-5-10;/h1-5,7-9,14,20H,6H2,(H,21,22);/q;+1/p-1. The van der Waals surface area contributed by atoms with Crippen LogP contribution in [-0.4, -0.2) is 23.3 Å². The fourth-order valence-electron chi connectivity index (χ4n) is 1.89. The summed E-state index contributed by atoms with van der Waals surface area (Å²) in [5.74, 6) is -1.25. The third kappa shape index (κ3) is 6.41. The number of rotatable bonds is 5. The maximum atomic E-state index is 11.2. The SMILES string of the molecule is O=C([O-])C(Cc1ccccc1)N=Cc1cc(Br)cc(Br)c1O.[K+]. The van der Waals surface area contributed by atoms with Crippen molar-refractivity contribution in [2.24, 2.45) is 4.99 Å². The number of carboxylic acids is 1. The van der Waals surface area contributed by atoms with Crippen LogP contribution in [0.5, 0.6) is 5.75 Å². The van der Waals surface area contributed by atoms with Crippen LogP contribution >= 0.6 is 31.9 Å². The van der Waals surface area contributed by atoms with Crippen LogP contribution in [0.4, 0.5) is 0 Å². The van der Waals surface area contributed by atoms with Crippen molar-refractivity contribution in [3.05, 3.63) is 62.5 Å². The van der Waals surface area contributed by atoms with Crippen LogP contribution in [0.1, 0.15) is 11.1 Å². The monoisotopic (exact) mass is 463 g/mol. The maximum absolute atomic E-state index is 11.2. The number of phenols is 1. The second-order valence-electron chi connectivity index (χ2n) is 4.63. The fraction of sp³-hybridized carbons (Fsp3) is 0.125. The Labute approximate surface area is 193 Å². The molecule has 0 spiro atoms. The van der Waals surface area contributed by atoms with Crippen molar-refractivity contribution in [1.82, 2.24) is 0 Å². The number of benzene rings is 2. The zero-order chi connectivity index (χ0) is 16.1. The number of phenolic OH excluding ortho intramolecular Hbond substituents is 1. The first-order chi connectivity index (χ1) is 10.5. The van der Waals surface area contributed by atoms with Crippen molar-refractivity contribution in [2.45, 2.75) is 12.5 Å². The Hall–Kier alpha value is -0.0236. The Morgan fingerprint density at radius 2 is 1.91 bits per heavy atom. The van der Waals surface area contributed by atoms with Gasteiger partial charge in [-0.3, -0.25) is 4.99 Å². The van der Waals surface area contributed by atoms with Crippen molar-refractivity contribution in [1.29, 1.82) is 0 Å². The van der Waals surface area contributed by atoms with Crippen LogP contribution < -0.4 is 56.5 Å². The molecule has 114 valence electrons. The van der Waals surface area contributed by atoms with Gasteiger partial charge in [-0.2, -0.15) is 0 Å². The first kappa shape index (κ1) is 21.0. The molecule has 1 atom stereocenters. The van der Waals surface area contributed by atoms with Crippen LogP contribution in [0, 0.1) is 0 Å². The molecule has 0 aromatic heterocycles. The van der Waals surface area contributed by atoms with Crippen LogP contribution in [0.25, 0.3) is 0 Å². The van der Waals surface area contributed by atoms with E-state index in [0.29, 0.717) is 10.0 Å². The summed E-state index contributed by atoms with van der Waals surface area (Å²) in [6.45, 7) is 0. The molecule has 4 nitrogen and oxygen atoms in total. The number of hydrogen-bond donors (Lipinski definition) is 1. The number of aliphatic imine (C=N–C) groups is 1. The number of carbonyl (C=O) groups is 1. The first-order valence-electron chi connectivity index (χ1n) is 6.43. The zero-order valence-corrected chi connectivity index (χ0v) is 18.7. The number of aliphatic carboxylic acids is 1. The minimum atomic E-state index is -1.26. The molecule has 1 unspecified atom stereocenters. The predicted octanol–water partition coefficient (Wildman–Crippen LogP) is -0.299. The van der Waals surface area contributed by atoms with Gasteiger partial charge in [0.1, 0.15) is 5.75 Å². The van der Waals surface area contributed by atoms with E-state index >= 15 is 0 Å². The summed E-state index contributed by atoms with van der Waals surface area (Å²) < 4.78 is 1.24. The van der Waals surface area contributed by atoms with Crippen LogP contribution in [0.3, 0.4) is 0 Å². The van der Waals surface area contributed by atoms with E-state index in [1.54, 1.807) is 12.1 Å². The molecule has 0 heterocycles. The molecule has 2 rings (SSSR count). The normalized spacial score (nSPS) is 11.9. The van der Waals surface area contributed by atoms with E-state index in [1.807, 2.05) is 30.3 Å². The molecule has 0 bridgehead atoms. The van der Waals surface area contributed by atoms with Gasteiger partial charge in [0, 0.05) is 22.7 Å². The Bertz CT molecular complexity index is 708. The van der Waals surface area contributed by atoms with Crippen LogP contribution in [0.15, 0.2) is 56.4 Å². The van der Waals surface area contributed by atoms with Gasteiger partial charge >= 0.3 is 51.4 Å². The smallest absolute Gasteiger partial charge is 0.548 e. The molecule has 0 fully saturated rings. The summed E-state index contributed by atoms with van der Waals surface area (Å²) >= 11 is 6.52. The molecule has 0 aliphatic rings. The Balaban J connectivity index is 0.00000264. The molecule has 0 saturated heterocycles. The molecule has 0 amide bonds. The minimum absolute atomic E-state index is 0.